The molecule has 0 aliphatic rings. The lowest BCUT2D eigenvalue weighted by Gasteiger charge is -2.16. The van der Waals surface area contributed by atoms with Gasteiger partial charge in [-0.3, -0.25) is 0 Å². The predicted molar refractivity (Wildman–Crippen MR) is 74.7 cm³/mol. The summed E-state index contributed by atoms with van der Waals surface area (Å²) in [5, 5.41) is 0. The van der Waals surface area contributed by atoms with Crippen LogP contribution < -0.4 is 0 Å². The summed E-state index contributed by atoms with van der Waals surface area (Å²) >= 11 is 5.97. The van der Waals surface area contributed by atoms with Crippen LogP contribution in [0.2, 0.25) is 0 Å². The van der Waals surface area contributed by atoms with Crippen molar-refractivity contribution in [1.29, 1.82) is 0 Å². The summed E-state index contributed by atoms with van der Waals surface area (Å²) in [6.07, 6.45) is 0.608. The van der Waals surface area contributed by atoms with Gasteiger partial charge in [0.1, 0.15) is 11.6 Å². The normalized spacial score (nSPS) is 12.4. The fourth-order valence-electron chi connectivity index (χ4n) is 2.21. The summed E-state index contributed by atoms with van der Waals surface area (Å²) in [5.41, 5.74) is 2.47. The van der Waals surface area contributed by atoms with Gasteiger partial charge in [-0.1, -0.05) is 24.3 Å². The molecule has 0 aliphatic carbocycles. The van der Waals surface area contributed by atoms with Crippen LogP contribution in [0.1, 0.15) is 22.6 Å². The summed E-state index contributed by atoms with van der Waals surface area (Å²) in [5.74, 6) is -0.271. The minimum atomic E-state index is -0.255. The standard InChI is InChI=1S/C16H15ClF2/c1-11-8-14(18)7-6-12(11)9-13(10-17)15-4-2-3-5-16(15)19/h2-8,13H,9-10H2,1H3. The molecule has 0 fully saturated rings. The Balaban J connectivity index is 2.27. The average Bonchev–Trinajstić information content (AvgIpc) is 2.39. The molecule has 0 amide bonds. The van der Waals surface area contributed by atoms with Crippen molar-refractivity contribution in [1.82, 2.24) is 0 Å². The summed E-state index contributed by atoms with van der Waals surface area (Å²) in [6.45, 7) is 1.85. The van der Waals surface area contributed by atoms with Crippen molar-refractivity contribution in [3.05, 3.63) is 70.8 Å². The first-order valence-corrected chi connectivity index (χ1v) is 6.70. The molecular weight excluding hydrogens is 266 g/mol. The van der Waals surface area contributed by atoms with Gasteiger partial charge >= 0.3 is 0 Å². The third-order valence-electron chi connectivity index (χ3n) is 3.30. The lowest BCUT2D eigenvalue weighted by Crippen LogP contribution is -2.08. The van der Waals surface area contributed by atoms with Gasteiger partial charge in [-0.25, -0.2) is 8.78 Å². The van der Waals surface area contributed by atoms with E-state index in [2.05, 4.69) is 0 Å². The monoisotopic (exact) mass is 280 g/mol. The zero-order valence-corrected chi connectivity index (χ0v) is 11.4. The summed E-state index contributed by atoms with van der Waals surface area (Å²) in [7, 11) is 0. The van der Waals surface area contributed by atoms with Crippen LogP contribution in [0.4, 0.5) is 8.78 Å². The van der Waals surface area contributed by atoms with Gasteiger partial charge in [0.15, 0.2) is 0 Å². The Kier molecular flexibility index (Phi) is 4.54. The smallest absolute Gasteiger partial charge is 0.126 e. The van der Waals surface area contributed by atoms with E-state index in [9.17, 15) is 8.78 Å². The van der Waals surface area contributed by atoms with Gasteiger partial charge in [0.2, 0.25) is 0 Å². The number of halogens is 3. The van der Waals surface area contributed by atoms with Crippen LogP contribution in [-0.4, -0.2) is 5.88 Å². The molecule has 0 bridgehead atoms. The molecule has 0 aromatic heterocycles. The van der Waals surface area contributed by atoms with Gasteiger partial charge in [0.05, 0.1) is 0 Å². The van der Waals surface area contributed by atoms with Crippen molar-refractivity contribution in [2.24, 2.45) is 0 Å². The quantitative estimate of drug-likeness (QED) is 0.703. The highest BCUT2D eigenvalue weighted by atomic mass is 35.5. The molecule has 2 rings (SSSR count). The topological polar surface area (TPSA) is 0 Å². The Labute approximate surface area is 117 Å². The number of rotatable bonds is 4. The number of benzene rings is 2. The van der Waals surface area contributed by atoms with E-state index < -0.39 is 0 Å². The van der Waals surface area contributed by atoms with Crippen LogP contribution >= 0.6 is 11.6 Å². The van der Waals surface area contributed by atoms with Gasteiger partial charge in [0.25, 0.3) is 0 Å². The number of aryl methyl sites for hydroxylation is 1. The Bertz CT molecular complexity index is 566. The van der Waals surface area contributed by atoms with Crippen molar-refractivity contribution in [3.63, 3.8) is 0 Å². The zero-order valence-electron chi connectivity index (χ0n) is 10.7. The molecule has 0 saturated heterocycles. The second-order valence-corrected chi connectivity index (χ2v) is 4.96. The summed E-state index contributed by atoms with van der Waals surface area (Å²) in [6, 6.07) is 11.3. The molecule has 2 aromatic rings. The lowest BCUT2D eigenvalue weighted by atomic mass is 9.91. The Morgan fingerprint density at radius 3 is 2.47 bits per heavy atom. The molecule has 2 aromatic carbocycles. The van der Waals surface area contributed by atoms with E-state index in [1.54, 1.807) is 24.3 Å². The van der Waals surface area contributed by atoms with E-state index in [0.717, 1.165) is 11.1 Å². The lowest BCUT2D eigenvalue weighted by molar-refractivity contribution is 0.587. The van der Waals surface area contributed by atoms with Crippen LogP contribution in [0.5, 0.6) is 0 Å². The molecule has 1 unspecified atom stereocenters. The molecule has 19 heavy (non-hydrogen) atoms. The maximum atomic E-state index is 13.8. The number of hydrogen-bond donors (Lipinski definition) is 0. The van der Waals surface area contributed by atoms with E-state index in [4.69, 9.17) is 11.6 Å². The highest BCUT2D eigenvalue weighted by Gasteiger charge is 2.16. The highest BCUT2D eigenvalue weighted by Crippen LogP contribution is 2.26. The first-order valence-electron chi connectivity index (χ1n) is 6.17. The maximum Gasteiger partial charge on any atom is 0.126 e. The van der Waals surface area contributed by atoms with E-state index >= 15 is 0 Å². The van der Waals surface area contributed by atoms with E-state index in [1.807, 2.05) is 6.92 Å². The molecule has 3 heteroatoms. The minimum Gasteiger partial charge on any atom is -0.207 e. The van der Waals surface area contributed by atoms with Crippen molar-refractivity contribution in [2.45, 2.75) is 19.3 Å². The average molecular weight is 281 g/mol. The fraction of sp³-hybridized carbons (Fsp3) is 0.250. The Morgan fingerprint density at radius 2 is 1.84 bits per heavy atom. The Hall–Kier alpha value is -1.41. The van der Waals surface area contributed by atoms with Crippen molar-refractivity contribution in [3.8, 4) is 0 Å². The first kappa shape index (κ1) is 14.0. The van der Waals surface area contributed by atoms with E-state index in [-0.39, 0.29) is 17.6 Å². The largest absolute Gasteiger partial charge is 0.207 e. The second kappa shape index (κ2) is 6.16. The van der Waals surface area contributed by atoms with Crippen LogP contribution in [-0.2, 0) is 6.42 Å². The van der Waals surface area contributed by atoms with Gasteiger partial charge in [-0.05, 0) is 48.2 Å². The zero-order chi connectivity index (χ0) is 13.8. The molecule has 0 spiro atoms. The fourth-order valence-corrected chi connectivity index (χ4v) is 2.48. The first-order chi connectivity index (χ1) is 9.11. The third-order valence-corrected chi connectivity index (χ3v) is 3.67. The van der Waals surface area contributed by atoms with Crippen LogP contribution in [0.25, 0.3) is 0 Å². The van der Waals surface area contributed by atoms with Crippen molar-refractivity contribution < 1.29 is 8.78 Å². The van der Waals surface area contributed by atoms with Gasteiger partial charge in [0, 0.05) is 11.8 Å². The van der Waals surface area contributed by atoms with Gasteiger partial charge < -0.3 is 0 Å². The van der Waals surface area contributed by atoms with E-state index in [0.29, 0.717) is 17.9 Å². The second-order valence-electron chi connectivity index (χ2n) is 4.65. The third kappa shape index (κ3) is 3.32. The van der Waals surface area contributed by atoms with Gasteiger partial charge in [-0.2, -0.15) is 0 Å². The molecule has 0 N–H and O–H groups in total. The van der Waals surface area contributed by atoms with Crippen molar-refractivity contribution in [2.75, 3.05) is 5.88 Å². The molecule has 1 atom stereocenters. The predicted octanol–water partition coefficient (Wildman–Crippen LogP) is 4.84. The summed E-state index contributed by atoms with van der Waals surface area (Å²) < 4.78 is 26.8. The minimum absolute atomic E-state index is 0.105. The number of alkyl halides is 1. The molecule has 100 valence electrons. The number of hydrogen-bond acceptors (Lipinski definition) is 0. The molecule has 0 nitrogen and oxygen atoms in total. The highest BCUT2D eigenvalue weighted by molar-refractivity contribution is 6.18. The Morgan fingerprint density at radius 1 is 1.11 bits per heavy atom. The van der Waals surface area contributed by atoms with Crippen LogP contribution in [0.3, 0.4) is 0 Å². The van der Waals surface area contributed by atoms with Crippen molar-refractivity contribution >= 4 is 11.6 Å². The van der Waals surface area contributed by atoms with Crippen LogP contribution in [0.15, 0.2) is 42.5 Å². The van der Waals surface area contributed by atoms with Crippen LogP contribution in [0, 0.1) is 18.6 Å². The molecule has 0 heterocycles. The maximum absolute atomic E-state index is 13.8. The summed E-state index contributed by atoms with van der Waals surface area (Å²) in [4.78, 5) is 0. The molecule has 0 saturated carbocycles. The molecule has 0 aliphatic heterocycles. The molecular formula is C16H15ClF2. The molecule has 0 radical (unpaired) electrons. The SMILES string of the molecule is Cc1cc(F)ccc1CC(CCl)c1ccccc1F. The van der Waals surface area contributed by atoms with E-state index in [1.165, 1.54) is 18.2 Å². The van der Waals surface area contributed by atoms with Gasteiger partial charge in [-0.15, -0.1) is 11.6 Å².